The van der Waals surface area contributed by atoms with E-state index < -0.39 is 11.9 Å². The largest absolute Gasteiger partial charge is 0.462 e. The summed E-state index contributed by atoms with van der Waals surface area (Å²) < 4.78 is 12.4. The number of nitrogens with zero attached hydrogens (tertiary/aromatic N) is 3. The average Bonchev–Trinajstić information content (AvgIpc) is 3.19. The normalized spacial score (nSPS) is 11.2. The molecule has 2 heterocycles. The number of hydrogen-bond donors (Lipinski definition) is 1. The average molecular weight is 503 g/mol. The molecule has 0 aliphatic heterocycles. The number of carbonyl (C=O) groups is 2. The molecule has 0 spiro atoms. The Balaban J connectivity index is 1.63. The number of hydrogen-bond acceptors (Lipinski definition) is 7. The molecule has 8 heteroatoms. The highest BCUT2D eigenvalue weighted by Crippen LogP contribution is 2.31. The van der Waals surface area contributed by atoms with Crippen LogP contribution in [0.4, 0.5) is 5.82 Å². The van der Waals surface area contributed by atoms with Crippen molar-refractivity contribution in [2.24, 2.45) is 0 Å². The molecule has 4 rings (SSSR count). The van der Waals surface area contributed by atoms with Crippen molar-refractivity contribution in [2.75, 3.05) is 18.9 Å². The fourth-order valence-electron chi connectivity index (χ4n) is 4.38. The van der Waals surface area contributed by atoms with Crippen LogP contribution in [-0.2, 0) is 9.47 Å². The Hall–Kier alpha value is -3.94. The summed E-state index contributed by atoms with van der Waals surface area (Å²) in [7, 11) is 0. The number of ether oxygens (including phenoxy) is 2. The molecule has 0 fully saturated rings. The number of rotatable bonds is 12. The molecule has 0 radical (unpaired) electrons. The number of nitrogens with two attached hydrogens (primary N) is 1. The van der Waals surface area contributed by atoms with E-state index in [0.717, 1.165) is 19.3 Å². The molecule has 2 aromatic carbocycles. The summed E-state index contributed by atoms with van der Waals surface area (Å²) in [5, 5.41) is 0. The third-order valence-electron chi connectivity index (χ3n) is 6.32. The van der Waals surface area contributed by atoms with Gasteiger partial charge in [-0.05, 0) is 49.7 Å². The monoisotopic (exact) mass is 502 g/mol. The van der Waals surface area contributed by atoms with Gasteiger partial charge in [0.1, 0.15) is 16.9 Å². The van der Waals surface area contributed by atoms with Crippen LogP contribution in [-0.4, -0.2) is 39.7 Å². The maximum Gasteiger partial charge on any atom is 0.344 e. The topological polar surface area (TPSA) is 109 Å². The van der Waals surface area contributed by atoms with Crippen molar-refractivity contribution in [3.63, 3.8) is 0 Å². The first kappa shape index (κ1) is 26.1. The van der Waals surface area contributed by atoms with E-state index in [9.17, 15) is 9.59 Å². The quantitative estimate of drug-likeness (QED) is 0.180. The highest BCUT2D eigenvalue weighted by atomic mass is 16.5. The maximum absolute atomic E-state index is 13.2. The molecule has 0 aliphatic rings. The highest BCUT2D eigenvalue weighted by molar-refractivity contribution is 6.09. The van der Waals surface area contributed by atoms with E-state index in [0.29, 0.717) is 46.7 Å². The van der Waals surface area contributed by atoms with E-state index in [4.69, 9.17) is 25.2 Å². The summed E-state index contributed by atoms with van der Waals surface area (Å²) in [5.41, 5.74) is 9.98. The molecular formula is C29H34N4O4. The SMILES string of the molecule is CCCCCCCCCOC(=O)c1c(N)n(-c2ccc(C(=O)OCC)cc2)c2nc3ccccc3nc12. The second-order valence-electron chi connectivity index (χ2n) is 9.00. The van der Waals surface area contributed by atoms with Gasteiger partial charge >= 0.3 is 11.9 Å². The Kier molecular flexibility index (Phi) is 8.72. The Bertz CT molecular complexity index is 1380. The lowest BCUT2D eigenvalue weighted by atomic mass is 10.1. The zero-order valence-electron chi connectivity index (χ0n) is 21.5. The van der Waals surface area contributed by atoms with Crippen molar-refractivity contribution in [3.05, 3.63) is 59.7 Å². The highest BCUT2D eigenvalue weighted by Gasteiger charge is 2.26. The predicted molar refractivity (Wildman–Crippen MR) is 145 cm³/mol. The fraction of sp³-hybridized carbons (Fsp3) is 0.379. The van der Waals surface area contributed by atoms with E-state index in [1.54, 1.807) is 35.8 Å². The lowest BCUT2D eigenvalue weighted by molar-refractivity contribution is 0.0498. The van der Waals surface area contributed by atoms with E-state index in [1.807, 2.05) is 24.3 Å². The summed E-state index contributed by atoms with van der Waals surface area (Å²) >= 11 is 0. The third kappa shape index (κ3) is 5.90. The molecular weight excluding hydrogens is 468 g/mol. The van der Waals surface area contributed by atoms with Gasteiger partial charge in [-0.3, -0.25) is 4.57 Å². The van der Waals surface area contributed by atoms with Gasteiger partial charge in [0.25, 0.3) is 0 Å². The van der Waals surface area contributed by atoms with E-state index in [2.05, 4.69) is 6.92 Å². The van der Waals surface area contributed by atoms with Gasteiger partial charge in [0.2, 0.25) is 0 Å². The Labute approximate surface area is 216 Å². The smallest absolute Gasteiger partial charge is 0.344 e. The van der Waals surface area contributed by atoms with Gasteiger partial charge in [0.15, 0.2) is 5.65 Å². The van der Waals surface area contributed by atoms with E-state index in [1.165, 1.54) is 25.7 Å². The van der Waals surface area contributed by atoms with Gasteiger partial charge in [-0.25, -0.2) is 19.6 Å². The Morgan fingerprint density at radius 3 is 2.14 bits per heavy atom. The molecule has 37 heavy (non-hydrogen) atoms. The first-order chi connectivity index (χ1) is 18.0. The first-order valence-corrected chi connectivity index (χ1v) is 13.1. The number of anilines is 1. The molecule has 0 saturated carbocycles. The number of unbranched alkanes of at least 4 members (excludes halogenated alkanes) is 6. The minimum Gasteiger partial charge on any atom is -0.462 e. The summed E-state index contributed by atoms with van der Waals surface area (Å²) in [6, 6.07) is 14.3. The summed E-state index contributed by atoms with van der Waals surface area (Å²) in [5.74, 6) is -0.724. The van der Waals surface area contributed by atoms with Crippen molar-refractivity contribution < 1.29 is 19.1 Å². The number of para-hydroxylation sites is 2. The molecule has 2 N–H and O–H groups in total. The molecule has 0 unspecified atom stereocenters. The van der Waals surface area contributed by atoms with Gasteiger partial charge < -0.3 is 15.2 Å². The molecule has 8 nitrogen and oxygen atoms in total. The summed E-state index contributed by atoms with van der Waals surface area (Å²) in [6.07, 6.45) is 7.91. The van der Waals surface area contributed by atoms with Crippen molar-refractivity contribution in [1.29, 1.82) is 0 Å². The van der Waals surface area contributed by atoms with Gasteiger partial charge in [-0.1, -0.05) is 57.6 Å². The lowest BCUT2D eigenvalue weighted by Crippen LogP contribution is -2.10. The van der Waals surface area contributed by atoms with Crippen molar-refractivity contribution in [1.82, 2.24) is 14.5 Å². The molecule has 2 aromatic heterocycles. The molecule has 194 valence electrons. The predicted octanol–water partition coefficient (Wildman–Crippen LogP) is 6.24. The van der Waals surface area contributed by atoms with E-state index in [-0.39, 0.29) is 11.4 Å². The van der Waals surface area contributed by atoms with Crippen LogP contribution in [0.2, 0.25) is 0 Å². The molecule has 0 amide bonds. The molecule has 0 bridgehead atoms. The van der Waals surface area contributed by atoms with Gasteiger partial charge in [0, 0.05) is 5.69 Å². The standard InChI is InChI=1S/C29H34N4O4/c1-3-5-6-7-8-9-12-19-37-29(35)24-25-27(32-23-14-11-10-13-22(23)31-25)33(26(24)30)21-17-15-20(16-18-21)28(34)36-4-2/h10-11,13-18H,3-9,12,19,30H2,1-2H3. The van der Waals surface area contributed by atoms with Crippen LogP contribution in [0.15, 0.2) is 48.5 Å². The lowest BCUT2D eigenvalue weighted by Gasteiger charge is -2.09. The minimum atomic E-state index is -0.514. The number of aromatic nitrogens is 3. The number of fused-ring (bicyclic) bond motifs is 2. The van der Waals surface area contributed by atoms with Gasteiger partial charge in [-0.15, -0.1) is 0 Å². The van der Waals surface area contributed by atoms with Gasteiger partial charge in [-0.2, -0.15) is 0 Å². The Morgan fingerprint density at radius 2 is 1.46 bits per heavy atom. The number of carbonyl (C=O) groups excluding carboxylic acids is 2. The number of nitrogen functional groups attached to an aromatic ring is 1. The third-order valence-corrected chi connectivity index (χ3v) is 6.32. The number of esters is 2. The maximum atomic E-state index is 13.2. The van der Waals surface area contributed by atoms with Crippen LogP contribution in [0.1, 0.15) is 79.5 Å². The van der Waals surface area contributed by atoms with Crippen molar-refractivity contribution in [3.8, 4) is 5.69 Å². The zero-order chi connectivity index (χ0) is 26.2. The van der Waals surface area contributed by atoms with Crippen LogP contribution in [0.3, 0.4) is 0 Å². The van der Waals surface area contributed by atoms with Crippen molar-refractivity contribution >= 4 is 40.0 Å². The van der Waals surface area contributed by atoms with Crippen LogP contribution in [0.25, 0.3) is 27.9 Å². The second kappa shape index (κ2) is 12.3. The van der Waals surface area contributed by atoms with E-state index >= 15 is 0 Å². The minimum absolute atomic E-state index is 0.193. The second-order valence-corrected chi connectivity index (χ2v) is 9.00. The van der Waals surface area contributed by atoms with Crippen LogP contribution in [0.5, 0.6) is 0 Å². The zero-order valence-corrected chi connectivity index (χ0v) is 21.5. The van der Waals surface area contributed by atoms with Crippen LogP contribution < -0.4 is 5.73 Å². The molecule has 4 aromatic rings. The number of benzene rings is 2. The van der Waals surface area contributed by atoms with Crippen LogP contribution >= 0.6 is 0 Å². The first-order valence-electron chi connectivity index (χ1n) is 13.1. The van der Waals surface area contributed by atoms with Crippen molar-refractivity contribution in [2.45, 2.75) is 58.8 Å². The summed E-state index contributed by atoms with van der Waals surface area (Å²) in [4.78, 5) is 34.8. The molecule has 0 atom stereocenters. The Morgan fingerprint density at radius 1 is 0.811 bits per heavy atom. The summed E-state index contributed by atoms with van der Waals surface area (Å²) in [6.45, 7) is 4.58. The fourth-order valence-corrected chi connectivity index (χ4v) is 4.38. The van der Waals surface area contributed by atoms with Gasteiger partial charge in [0.05, 0.1) is 29.8 Å². The molecule has 0 aliphatic carbocycles. The molecule has 0 saturated heterocycles. The van der Waals surface area contributed by atoms with Crippen LogP contribution in [0, 0.1) is 0 Å².